The van der Waals surface area contributed by atoms with Gasteiger partial charge in [-0.05, 0) is 50.1 Å². The van der Waals surface area contributed by atoms with Crippen molar-refractivity contribution in [3.8, 4) is 0 Å². The number of likely N-dealkylation sites (tertiary alicyclic amines) is 1. The van der Waals surface area contributed by atoms with Gasteiger partial charge in [-0.25, -0.2) is 0 Å². The van der Waals surface area contributed by atoms with Crippen molar-refractivity contribution in [1.29, 1.82) is 0 Å². The predicted molar refractivity (Wildman–Crippen MR) is 53.6 cm³/mol. The Kier molecular flexibility index (Phi) is 2.06. The smallest absolute Gasteiger partial charge is 0.00222 e. The molecule has 0 amide bonds. The number of hydrogen-bond acceptors (Lipinski definition) is 2. The van der Waals surface area contributed by atoms with Gasteiger partial charge in [0.2, 0.25) is 0 Å². The van der Waals surface area contributed by atoms with Gasteiger partial charge in [0.15, 0.2) is 0 Å². The van der Waals surface area contributed by atoms with Crippen LogP contribution in [0.15, 0.2) is 0 Å². The van der Waals surface area contributed by atoms with Gasteiger partial charge in [-0.2, -0.15) is 0 Å². The molecule has 2 saturated heterocycles. The summed E-state index contributed by atoms with van der Waals surface area (Å²) >= 11 is 0. The Morgan fingerprint density at radius 2 is 1.77 bits per heavy atom. The van der Waals surface area contributed by atoms with Crippen LogP contribution >= 0.6 is 0 Å². The van der Waals surface area contributed by atoms with Gasteiger partial charge in [-0.15, -0.1) is 0 Å². The molecule has 0 unspecified atom stereocenters. The van der Waals surface area contributed by atoms with Gasteiger partial charge in [0, 0.05) is 19.6 Å². The van der Waals surface area contributed by atoms with E-state index in [9.17, 15) is 0 Å². The number of hydrogen-bond donors (Lipinski definition) is 1. The molecule has 2 atom stereocenters. The molecule has 2 heteroatoms. The first kappa shape index (κ1) is 8.25. The Morgan fingerprint density at radius 3 is 2.38 bits per heavy atom. The fourth-order valence-corrected chi connectivity index (χ4v) is 3.03. The van der Waals surface area contributed by atoms with Crippen molar-refractivity contribution in [2.75, 3.05) is 32.7 Å². The van der Waals surface area contributed by atoms with Crippen LogP contribution in [0.2, 0.25) is 0 Å². The SMILES string of the molecule is C1CC1CN1C[C@@H]2CNC[C@@H](C2)C1. The van der Waals surface area contributed by atoms with Crippen LogP contribution in [0.4, 0.5) is 0 Å². The summed E-state index contributed by atoms with van der Waals surface area (Å²) in [4.78, 5) is 2.73. The van der Waals surface area contributed by atoms with Crippen LogP contribution in [0, 0.1) is 17.8 Å². The van der Waals surface area contributed by atoms with Crippen LogP contribution < -0.4 is 5.32 Å². The maximum Gasteiger partial charge on any atom is 0.00222 e. The molecular weight excluding hydrogens is 160 g/mol. The van der Waals surface area contributed by atoms with Crippen LogP contribution in [-0.2, 0) is 0 Å². The first-order valence-corrected chi connectivity index (χ1v) is 5.83. The van der Waals surface area contributed by atoms with E-state index in [0.29, 0.717) is 0 Å². The van der Waals surface area contributed by atoms with Gasteiger partial charge < -0.3 is 10.2 Å². The number of fused-ring (bicyclic) bond motifs is 2. The lowest BCUT2D eigenvalue weighted by molar-refractivity contribution is 0.0936. The van der Waals surface area contributed by atoms with Crippen LogP contribution in [0.25, 0.3) is 0 Å². The van der Waals surface area contributed by atoms with Crippen LogP contribution in [0.5, 0.6) is 0 Å². The molecule has 0 radical (unpaired) electrons. The van der Waals surface area contributed by atoms with E-state index >= 15 is 0 Å². The third-order valence-electron chi connectivity index (χ3n) is 3.78. The van der Waals surface area contributed by atoms with Gasteiger partial charge in [0.25, 0.3) is 0 Å². The van der Waals surface area contributed by atoms with E-state index in [1.807, 2.05) is 0 Å². The fraction of sp³-hybridized carbons (Fsp3) is 1.00. The molecule has 2 nitrogen and oxygen atoms in total. The lowest BCUT2D eigenvalue weighted by Crippen LogP contribution is -2.51. The Hall–Kier alpha value is -0.0800. The zero-order valence-corrected chi connectivity index (χ0v) is 8.34. The molecule has 3 rings (SSSR count). The molecule has 2 aliphatic heterocycles. The van der Waals surface area contributed by atoms with Gasteiger partial charge in [0.05, 0.1) is 0 Å². The molecule has 2 heterocycles. The van der Waals surface area contributed by atoms with E-state index < -0.39 is 0 Å². The minimum absolute atomic E-state index is 0.964. The normalized spacial score (nSPS) is 40.6. The number of rotatable bonds is 2. The van der Waals surface area contributed by atoms with Crippen LogP contribution in [-0.4, -0.2) is 37.6 Å². The molecular formula is C11H20N2. The van der Waals surface area contributed by atoms with Crippen molar-refractivity contribution in [2.24, 2.45) is 17.8 Å². The van der Waals surface area contributed by atoms with E-state index in [0.717, 1.165) is 17.8 Å². The number of nitrogens with one attached hydrogen (secondary N) is 1. The Bertz CT molecular complexity index is 177. The highest BCUT2D eigenvalue weighted by atomic mass is 15.2. The molecule has 0 spiro atoms. The number of piperidine rings is 2. The number of nitrogens with zero attached hydrogens (tertiary/aromatic N) is 1. The Morgan fingerprint density at radius 1 is 1.08 bits per heavy atom. The molecule has 1 saturated carbocycles. The summed E-state index contributed by atoms with van der Waals surface area (Å²) in [5.41, 5.74) is 0. The minimum Gasteiger partial charge on any atom is -0.316 e. The van der Waals surface area contributed by atoms with Crippen LogP contribution in [0.3, 0.4) is 0 Å². The maximum atomic E-state index is 3.55. The Labute approximate surface area is 80.7 Å². The highest BCUT2D eigenvalue weighted by Crippen LogP contribution is 2.32. The van der Waals surface area contributed by atoms with Crippen molar-refractivity contribution in [3.05, 3.63) is 0 Å². The summed E-state index contributed by atoms with van der Waals surface area (Å²) in [5, 5.41) is 3.55. The largest absolute Gasteiger partial charge is 0.316 e. The molecule has 0 aromatic heterocycles. The molecule has 13 heavy (non-hydrogen) atoms. The van der Waals surface area contributed by atoms with Crippen LogP contribution in [0.1, 0.15) is 19.3 Å². The second kappa shape index (κ2) is 3.25. The van der Waals surface area contributed by atoms with E-state index in [1.165, 1.54) is 52.0 Å². The summed E-state index contributed by atoms with van der Waals surface area (Å²) in [7, 11) is 0. The van der Waals surface area contributed by atoms with Gasteiger partial charge in [-0.1, -0.05) is 0 Å². The highest BCUT2D eigenvalue weighted by Gasteiger charge is 2.33. The lowest BCUT2D eigenvalue weighted by atomic mass is 9.86. The third-order valence-corrected chi connectivity index (χ3v) is 3.78. The predicted octanol–water partition coefficient (Wildman–Crippen LogP) is 0.938. The van der Waals surface area contributed by atoms with Gasteiger partial charge >= 0.3 is 0 Å². The standard InChI is InChI=1S/C11H20N2/c1-2-9(1)6-13-7-10-3-11(8-13)5-12-4-10/h9-12H,1-8H2/t10-,11+. The van der Waals surface area contributed by atoms with Gasteiger partial charge in [0.1, 0.15) is 0 Å². The van der Waals surface area contributed by atoms with Crippen molar-refractivity contribution in [1.82, 2.24) is 10.2 Å². The topological polar surface area (TPSA) is 15.3 Å². The van der Waals surface area contributed by atoms with Crippen molar-refractivity contribution in [2.45, 2.75) is 19.3 Å². The van der Waals surface area contributed by atoms with E-state index in [4.69, 9.17) is 0 Å². The van der Waals surface area contributed by atoms with Crippen molar-refractivity contribution < 1.29 is 0 Å². The molecule has 1 N–H and O–H groups in total. The summed E-state index contributed by atoms with van der Waals surface area (Å²) < 4.78 is 0. The molecule has 3 fully saturated rings. The average molecular weight is 180 g/mol. The van der Waals surface area contributed by atoms with Gasteiger partial charge in [-0.3, -0.25) is 0 Å². The quantitative estimate of drug-likeness (QED) is 0.680. The summed E-state index contributed by atoms with van der Waals surface area (Å²) in [6, 6.07) is 0. The van der Waals surface area contributed by atoms with E-state index in [1.54, 1.807) is 0 Å². The summed E-state index contributed by atoms with van der Waals surface area (Å²) in [6.45, 7) is 6.71. The zero-order chi connectivity index (χ0) is 8.67. The average Bonchev–Trinajstić information content (AvgIpc) is 2.87. The summed E-state index contributed by atoms with van der Waals surface area (Å²) in [6.07, 6.45) is 4.50. The second-order valence-corrected chi connectivity index (χ2v) is 5.29. The minimum atomic E-state index is 0.964. The fourth-order valence-electron chi connectivity index (χ4n) is 3.03. The molecule has 2 bridgehead atoms. The van der Waals surface area contributed by atoms with E-state index in [2.05, 4.69) is 10.2 Å². The second-order valence-electron chi connectivity index (χ2n) is 5.29. The van der Waals surface area contributed by atoms with Crippen molar-refractivity contribution >= 4 is 0 Å². The molecule has 0 aromatic carbocycles. The summed E-state index contributed by atoms with van der Waals surface area (Å²) in [5.74, 6) is 3.00. The first-order chi connectivity index (χ1) is 6.40. The molecule has 74 valence electrons. The van der Waals surface area contributed by atoms with E-state index in [-0.39, 0.29) is 0 Å². The van der Waals surface area contributed by atoms with Crippen molar-refractivity contribution in [3.63, 3.8) is 0 Å². The maximum absolute atomic E-state index is 3.55. The first-order valence-electron chi connectivity index (χ1n) is 5.83. The lowest BCUT2D eigenvalue weighted by Gasteiger charge is -2.41. The zero-order valence-electron chi connectivity index (χ0n) is 8.34. The molecule has 1 aliphatic carbocycles. The highest BCUT2D eigenvalue weighted by molar-refractivity contribution is 4.88. The monoisotopic (exact) mass is 180 g/mol. The Balaban J connectivity index is 1.57. The third kappa shape index (κ3) is 1.89. The molecule has 0 aromatic rings. The molecule has 3 aliphatic rings.